The molecule has 1 aliphatic carbocycles. The zero-order valence-electron chi connectivity index (χ0n) is 11.2. The lowest BCUT2D eigenvalue weighted by atomic mass is 10.2. The van der Waals surface area contributed by atoms with Gasteiger partial charge in [0.2, 0.25) is 0 Å². The summed E-state index contributed by atoms with van der Waals surface area (Å²) in [6, 6.07) is -0.145. The molecule has 1 N–H and O–H groups in total. The average Bonchev–Trinajstić information content (AvgIpc) is 2.76. The summed E-state index contributed by atoms with van der Waals surface area (Å²) in [4.78, 5) is 26.2. The van der Waals surface area contributed by atoms with Crippen LogP contribution in [0.3, 0.4) is 0 Å². The Kier molecular flexibility index (Phi) is 5.19. The Morgan fingerprint density at radius 3 is 2.28 bits per heavy atom. The Morgan fingerprint density at radius 2 is 1.83 bits per heavy atom. The number of aliphatic carboxylic acids is 1. The number of likely N-dealkylation sites (N-methyl/N-ethyl adjacent to an activating group) is 1. The fourth-order valence-electron chi connectivity index (χ4n) is 2.41. The van der Waals surface area contributed by atoms with Crippen LogP contribution in [0.25, 0.3) is 0 Å². The Balaban J connectivity index is 2.71. The van der Waals surface area contributed by atoms with Gasteiger partial charge in [0.15, 0.2) is 0 Å². The SMILES string of the molecule is C=C(C)CN(C)C(=O)N(CC(=O)O)C1CCCC1. The minimum Gasteiger partial charge on any atom is -0.480 e. The number of rotatable bonds is 5. The zero-order chi connectivity index (χ0) is 13.7. The van der Waals surface area contributed by atoms with E-state index >= 15 is 0 Å². The van der Waals surface area contributed by atoms with Gasteiger partial charge in [0.1, 0.15) is 6.54 Å². The maximum absolute atomic E-state index is 12.2. The van der Waals surface area contributed by atoms with Gasteiger partial charge in [-0.2, -0.15) is 0 Å². The highest BCUT2D eigenvalue weighted by atomic mass is 16.4. The number of carboxylic acid groups (broad SMARTS) is 1. The predicted molar refractivity (Wildman–Crippen MR) is 69.4 cm³/mol. The topological polar surface area (TPSA) is 60.9 Å². The van der Waals surface area contributed by atoms with Crippen LogP contribution in [0.15, 0.2) is 12.2 Å². The fraction of sp³-hybridized carbons (Fsp3) is 0.692. The average molecular weight is 254 g/mol. The molecule has 1 aliphatic rings. The molecule has 0 atom stereocenters. The van der Waals surface area contributed by atoms with Crippen LogP contribution in [0.1, 0.15) is 32.6 Å². The molecule has 1 fully saturated rings. The molecule has 102 valence electrons. The Labute approximate surface area is 108 Å². The van der Waals surface area contributed by atoms with Gasteiger partial charge in [0.05, 0.1) is 0 Å². The summed E-state index contributed by atoms with van der Waals surface area (Å²) in [5, 5.41) is 8.93. The summed E-state index contributed by atoms with van der Waals surface area (Å²) >= 11 is 0. The number of carbonyl (C=O) groups excluding carboxylic acids is 1. The third kappa shape index (κ3) is 4.05. The van der Waals surface area contributed by atoms with E-state index in [1.807, 2.05) is 6.92 Å². The van der Waals surface area contributed by atoms with Gasteiger partial charge < -0.3 is 14.9 Å². The molecule has 0 radical (unpaired) electrons. The zero-order valence-corrected chi connectivity index (χ0v) is 11.2. The van der Waals surface area contributed by atoms with Crippen LogP contribution >= 0.6 is 0 Å². The molecule has 0 unspecified atom stereocenters. The molecule has 1 rings (SSSR count). The van der Waals surface area contributed by atoms with Gasteiger partial charge in [-0.05, 0) is 19.8 Å². The van der Waals surface area contributed by atoms with E-state index in [1.54, 1.807) is 7.05 Å². The van der Waals surface area contributed by atoms with Crippen LogP contribution in [-0.4, -0.2) is 53.1 Å². The second-order valence-electron chi connectivity index (χ2n) is 5.06. The molecule has 18 heavy (non-hydrogen) atoms. The largest absolute Gasteiger partial charge is 0.480 e. The fourth-order valence-corrected chi connectivity index (χ4v) is 2.41. The minimum absolute atomic E-state index is 0.0705. The number of hydrogen-bond acceptors (Lipinski definition) is 2. The molecule has 2 amide bonds. The van der Waals surface area contributed by atoms with Crippen LogP contribution < -0.4 is 0 Å². The molecule has 0 heterocycles. The molecule has 5 nitrogen and oxygen atoms in total. The molecule has 0 saturated heterocycles. The number of carbonyl (C=O) groups is 2. The van der Waals surface area contributed by atoms with Gasteiger partial charge in [-0.25, -0.2) is 4.79 Å². The molecule has 5 heteroatoms. The van der Waals surface area contributed by atoms with Crippen LogP contribution in [0.2, 0.25) is 0 Å². The lowest BCUT2D eigenvalue weighted by molar-refractivity contribution is -0.138. The van der Waals surface area contributed by atoms with Gasteiger partial charge in [0, 0.05) is 19.6 Å². The van der Waals surface area contributed by atoms with E-state index in [1.165, 1.54) is 9.80 Å². The highest BCUT2D eigenvalue weighted by Crippen LogP contribution is 2.24. The van der Waals surface area contributed by atoms with Gasteiger partial charge in [-0.15, -0.1) is 0 Å². The van der Waals surface area contributed by atoms with E-state index < -0.39 is 5.97 Å². The number of urea groups is 1. The summed E-state index contributed by atoms with van der Waals surface area (Å²) in [5.74, 6) is -0.959. The smallest absolute Gasteiger partial charge is 0.323 e. The van der Waals surface area contributed by atoms with Crippen molar-refractivity contribution in [3.05, 3.63) is 12.2 Å². The van der Waals surface area contributed by atoms with E-state index in [2.05, 4.69) is 6.58 Å². The van der Waals surface area contributed by atoms with Crippen LogP contribution in [0, 0.1) is 0 Å². The van der Waals surface area contributed by atoms with Crippen molar-refractivity contribution in [3.8, 4) is 0 Å². The first-order chi connectivity index (χ1) is 8.41. The van der Waals surface area contributed by atoms with Crippen molar-refractivity contribution < 1.29 is 14.7 Å². The van der Waals surface area contributed by atoms with Crippen molar-refractivity contribution in [3.63, 3.8) is 0 Å². The molecular formula is C13H22N2O3. The van der Waals surface area contributed by atoms with Crippen molar-refractivity contribution >= 4 is 12.0 Å². The van der Waals surface area contributed by atoms with Crippen molar-refractivity contribution in [1.82, 2.24) is 9.80 Å². The van der Waals surface area contributed by atoms with Gasteiger partial charge in [0.25, 0.3) is 0 Å². The Hall–Kier alpha value is -1.52. The molecular weight excluding hydrogens is 232 g/mol. The summed E-state index contributed by atoms with van der Waals surface area (Å²) in [6.07, 6.45) is 3.94. The first-order valence-corrected chi connectivity index (χ1v) is 6.29. The molecule has 0 aromatic heterocycles. The first kappa shape index (κ1) is 14.5. The van der Waals surface area contributed by atoms with E-state index in [0.29, 0.717) is 6.54 Å². The van der Waals surface area contributed by atoms with E-state index in [4.69, 9.17) is 5.11 Å². The quantitative estimate of drug-likeness (QED) is 0.763. The van der Waals surface area contributed by atoms with Crippen molar-refractivity contribution in [2.24, 2.45) is 0 Å². The molecule has 0 aromatic rings. The maximum Gasteiger partial charge on any atom is 0.323 e. The molecule has 0 spiro atoms. The highest BCUT2D eigenvalue weighted by molar-refractivity contribution is 5.80. The second kappa shape index (κ2) is 6.42. The lowest BCUT2D eigenvalue weighted by Gasteiger charge is -2.31. The summed E-state index contributed by atoms with van der Waals surface area (Å²) < 4.78 is 0. The van der Waals surface area contributed by atoms with Crippen molar-refractivity contribution in [2.75, 3.05) is 20.1 Å². The monoisotopic (exact) mass is 254 g/mol. The molecule has 0 aliphatic heterocycles. The van der Waals surface area contributed by atoms with Gasteiger partial charge in [-0.1, -0.05) is 25.0 Å². The minimum atomic E-state index is -0.959. The Morgan fingerprint density at radius 1 is 1.28 bits per heavy atom. The molecule has 0 aromatic carbocycles. The van der Waals surface area contributed by atoms with Crippen molar-refractivity contribution in [1.29, 1.82) is 0 Å². The number of hydrogen-bond donors (Lipinski definition) is 1. The summed E-state index contributed by atoms with van der Waals surface area (Å²) in [5.41, 5.74) is 0.882. The van der Waals surface area contributed by atoms with Gasteiger partial charge >= 0.3 is 12.0 Å². The van der Waals surface area contributed by atoms with E-state index in [-0.39, 0.29) is 18.6 Å². The van der Waals surface area contributed by atoms with Crippen LogP contribution in [0.5, 0.6) is 0 Å². The molecule has 1 saturated carbocycles. The third-order valence-electron chi connectivity index (χ3n) is 3.15. The second-order valence-corrected chi connectivity index (χ2v) is 5.06. The maximum atomic E-state index is 12.2. The lowest BCUT2D eigenvalue weighted by Crippen LogP contribution is -2.48. The summed E-state index contributed by atoms with van der Waals surface area (Å²) in [7, 11) is 1.68. The predicted octanol–water partition coefficient (Wildman–Crippen LogP) is 1.94. The summed E-state index contributed by atoms with van der Waals surface area (Å²) in [6.45, 7) is 5.86. The van der Waals surface area contributed by atoms with E-state index in [0.717, 1.165) is 31.3 Å². The highest BCUT2D eigenvalue weighted by Gasteiger charge is 2.30. The number of nitrogens with zero attached hydrogens (tertiary/aromatic N) is 2. The van der Waals surface area contributed by atoms with Crippen LogP contribution in [-0.2, 0) is 4.79 Å². The standard InChI is InChI=1S/C13H22N2O3/c1-10(2)8-14(3)13(18)15(9-12(16)17)11-6-4-5-7-11/h11H,1,4-9H2,2-3H3,(H,16,17). The number of amides is 2. The van der Waals surface area contributed by atoms with Gasteiger partial charge in [-0.3, -0.25) is 4.79 Å². The first-order valence-electron chi connectivity index (χ1n) is 6.29. The van der Waals surface area contributed by atoms with E-state index in [9.17, 15) is 9.59 Å². The third-order valence-corrected chi connectivity index (χ3v) is 3.15. The normalized spacial score (nSPS) is 15.4. The number of carboxylic acids is 1. The Bertz CT molecular complexity index is 335. The van der Waals surface area contributed by atoms with Crippen LogP contribution in [0.4, 0.5) is 4.79 Å². The van der Waals surface area contributed by atoms with Crippen molar-refractivity contribution in [2.45, 2.75) is 38.6 Å². The molecule has 0 bridgehead atoms.